The molecular weight excluding hydrogens is 384 g/mol. The highest BCUT2D eigenvalue weighted by atomic mass is 35.5. The highest BCUT2D eigenvalue weighted by Crippen LogP contribution is 2.36. The van der Waals surface area contributed by atoms with Crippen molar-refractivity contribution in [1.82, 2.24) is 0 Å². The van der Waals surface area contributed by atoms with Crippen LogP contribution in [0, 0.1) is 13.8 Å². The highest BCUT2D eigenvalue weighted by Gasteiger charge is 2.40. The number of nitrogens with one attached hydrogen (secondary N) is 1. The minimum Gasteiger partial charge on any atom is -0.350 e. The molecule has 29 heavy (non-hydrogen) atoms. The van der Waals surface area contributed by atoms with E-state index in [2.05, 4.69) is 5.32 Å². The number of anilines is 2. The average Bonchev–Trinajstić information content (AvgIpc) is 2.95. The summed E-state index contributed by atoms with van der Waals surface area (Å²) in [7, 11) is 0. The van der Waals surface area contributed by atoms with Crippen molar-refractivity contribution in [3.8, 4) is 0 Å². The van der Waals surface area contributed by atoms with Crippen molar-refractivity contribution in [3.63, 3.8) is 0 Å². The number of imide groups is 1. The van der Waals surface area contributed by atoms with E-state index < -0.39 is 5.91 Å². The number of hydrogen-bond acceptors (Lipinski definition) is 3. The van der Waals surface area contributed by atoms with Crippen LogP contribution in [0.15, 0.2) is 78.5 Å². The van der Waals surface area contributed by atoms with Gasteiger partial charge < -0.3 is 5.32 Å². The number of carbonyl (C=O) groups excluding carboxylic acids is 2. The summed E-state index contributed by atoms with van der Waals surface area (Å²) in [5.41, 5.74) is 4.25. The Morgan fingerprint density at radius 2 is 1.55 bits per heavy atom. The van der Waals surface area contributed by atoms with E-state index in [4.69, 9.17) is 11.6 Å². The van der Waals surface area contributed by atoms with Crippen molar-refractivity contribution in [1.29, 1.82) is 0 Å². The number of nitrogens with zero attached hydrogens (tertiary/aromatic N) is 1. The van der Waals surface area contributed by atoms with Crippen molar-refractivity contribution in [2.24, 2.45) is 0 Å². The number of benzene rings is 3. The van der Waals surface area contributed by atoms with Gasteiger partial charge in [0, 0.05) is 10.7 Å². The van der Waals surface area contributed by atoms with E-state index in [0.717, 1.165) is 11.3 Å². The summed E-state index contributed by atoms with van der Waals surface area (Å²) in [4.78, 5) is 28.0. The number of aryl methyl sites for hydroxylation is 1. The van der Waals surface area contributed by atoms with Crippen molar-refractivity contribution in [2.75, 3.05) is 10.2 Å². The largest absolute Gasteiger partial charge is 0.350 e. The number of carbonyl (C=O) groups is 2. The van der Waals surface area contributed by atoms with Gasteiger partial charge in [0.1, 0.15) is 5.70 Å². The predicted octanol–water partition coefficient (Wildman–Crippen LogP) is 5.35. The molecule has 0 aliphatic carbocycles. The summed E-state index contributed by atoms with van der Waals surface area (Å²) in [6.07, 6.45) is 0. The molecule has 0 unspecified atom stereocenters. The lowest BCUT2D eigenvalue weighted by molar-refractivity contribution is -0.120. The molecule has 1 aliphatic heterocycles. The summed E-state index contributed by atoms with van der Waals surface area (Å²) >= 11 is 6.25. The SMILES string of the molecule is Cc1cccc(NC2=C(c3ccccc3)C(=O)N(c3cccc(Cl)c3C)C2=O)c1. The van der Waals surface area contributed by atoms with Crippen LogP contribution in [-0.2, 0) is 9.59 Å². The molecule has 0 saturated carbocycles. The molecule has 0 spiro atoms. The molecule has 1 aliphatic rings. The maximum absolute atomic E-state index is 13.4. The minimum absolute atomic E-state index is 0.256. The fourth-order valence-corrected chi connectivity index (χ4v) is 3.61. The zero-order valence-corrected chi connectivity index (χ0v) is 16.8. The molecule has 1 heterocycles. The molecule has 3 aromatic carbocycles. The number of rotatable bonds is 4. The van der Waals surface area contributed by atoms with Gasteiger partial charge >= 0.3 is 0 Å². The standard InChI is InChI=1S/C24H19ClN2O2/c1-15-8-6-11-18(14-15)26-22-21(17-9-4-3-5-10-17)23(28)27(24(22)29)20-13-7-12-19(25)16(20)2/h3-14,26H,1-2H3. The second kappa shape index (κ2) is 7.57. The van der Waals surface area contributed by atoms with Gasteiger partial charge in [-0.3, -0.25) is 9.59 Å². The molecule has 0 fully saturated rings. The summed E-state index contributed by atoms with van der Waals surface area (Å²) in [5.74, 6) is -0.776. The third-order valence-corrected chi connectivity index (χ3v) is 5.32. The number of hydrogen-bond donors (Lipinski definition) is 1. The van der Waals surface area contributed by atoms with E-state index in [1.807, 2.05) is 61.5 Å². The molecule has 3 aromatic rings. The fourth-order valence-electron chi connectivity index (χ4n) is 3.44. The highest BCUT2D eigenvalue weighted by molar-refractivity contribution is 6.46. The van der Waals surface area contributed by atoms with Crippen molar-refractivity contribution in [2.45, 2.75) is 13.8 Å². The molecule has 0 saturated heterocycles. The van der Waals surface area contributed by atoms with Gasteiger partial charge in [0.05, 0.1) is 11.3 Å². The van der Waals surface area contributed by atoms with Crippen LogP contribution < -0.4 is 10.2 Å². The van der Waals surface area contributed by atoms with Gasteiger partial charge in [0.25, 0.3) is 11.8 Å². The topological polar surface area (TPSA) is 49.4 Å². The van der Waals surface area contributed by atoms with Gasteiger partial charge in [-0.2, -0.15) is 0 Å². The maximum atomic E-state index is 13.4. The van der Waals surface area contributed by atoms with Gasteiger partial charge in [0.2, 0.25) is 0 Å². The van der Waals surface area contributed by atoms with Crippen molar-refractivity contribution >= 4 is 40.4 Å². The first-order valence-corrected chi connectivity index (χ1v) is 9.62. The molecule has 4 rings (SSSR count). The summed E-state index contributed by atoms with van der Waals surface area (Å²) in [6.45, 7) is 3.77. The lowest BCUT2D eigenvalue weighted by Gasteiger charge is -2.18. The molecule has 144 valence electrons. The second-order valence-corrected chi connectivity index (χ2v) is 7.35. The Hall–Kier alpha value is -3.37. The number of halogens is 1. The second-order valence-electron chi connectivity index (χ2n) is 6.94. The van der Waals surface area contributed by atoms with E-state index >= 15 is 0 Å². The van der Waals surface area contributed by atoms with Crippen LogP contribution in [0.1, 0.15) is 16.7 Å². The van der Waals surface area contributed by atoms with Crippen LogP contribution in [0.25, 0.3) is 5.57 Å². The summed E-state index contributed by atoms with van der Waals surface area (Å²) < 4.78 is 0. The third-order valence-electron chi connectivity index (χ3n) is 4.91. The third kappa shape index (κ3) is 3.43. The molecular formula is C24H19ClN2O2. The van der Waals surface area contributed by atoms with Crippen molar-refractivity contribution in [3.05, 3.63) is 100 Å². The Morgan fingerprint density at radius 1 is 0.828 bits per heavy atom. The van der Waals surface area contributed by atoms with Gasteiger partial charge in [-0.15, -0.1) is 0 Å². The Kier molecular flexibility index (Phi) is 4.95. The fraction of sp³-hybridized carbons (Fsp3) is 0.0833. The molecule has 0 bridgehead atoms. The zero-order valence-electron chi connectivity index (χ0n) is 16.1. The molecule has 4 nitrogen and oxygen atoms in total. The van der Waals surface area contributed by atoms with E-state index in [0.29, 0.717) is 27.4 Å². The monoisotopic (exact) mass is 402 g/mol. The van der Waals surface area contributed by atoms with Gasteiger partial charge in [-0.25, -0.2) is 4.90 Å². The smallest absolute Gasteiger partial charge is 0.282 e. The normalized spacial score (nSPS) is 14.0. The lowest BCUT2D eigenvalue weighted by atomic mass is 10.0. The predicted molar refractivity (Wildman–Crippen MR) is 117 cm³/mol. The van der Waals surface area contributed by atoms with Crippen LogP contribution in [0.3, 0.4) is 0 Å². The van der Waals surface area contributed by atoms with Crippen LogP contribution in [-0.4, -0.2) is 11.8 Å². The van der Waals surface area contributed by atoms with Crippen LogP contribution >= 0.6 is 11.6 Å². The Bertz CT molecular complexity index is 1150. The number of amides is 2. The van der Waals surface area contributed by atoms with Crippen LogP contribution in [0.5, 0.6) is 0 Å². The quantitative estimate of drug-likeness (QED) is 0.598. The Balaban J connectivity index is 1.85. The zero-order chi connectivity index (χ0) is 20.5. The van der Waals surface area contributed by atoms with Crippen LogP contribution in [0.2, 0.25) is 5.02 Å². The Morgan fingerprint density at radius 3 is 2.28 bits per heavy atom. The molecule has 2 amide bonds. The first kappa shape index (κ1) is 19.0. The summed E-state index contributed by atoms with van der Waals surface area (Å²) in [5, 5.41) is 3.68. The molecule has 5 heteroatoms. The van der Waals surface area contributed by atoms with E-state index in [-0.39, 0.29) is 11.6 Å². The van der Waals surface area contributed by atoms with Crippen LogP contribution in [0.4, 0.5) is 11.4 Å². The molecule has 1 N–H and O–H groups in total. The van der Waals surface area contributed by atoms with Gasteiger partial charge in [-0.05, 0) is 54.8 Å². The van der Waals surface area contributed by atoms with Gasteiger partial charge in [0.15, 0.2) is 0 Å². The van der Waals surface area contributed by atoms with E-state index in [1.54, 1.807) is 25.1 Å². The first-order valence-electron chi connectivity index (χ1n) is 9.24. The Labute approximate surface area is 174 Å². The minimum atomic E-state index is -0.402. The average molecular weight is 403 g/mol. The molecule has 0 atom stereocenters. The first-order chi connectivity index (χ1) is 14.0. The van der Waals surface area contributed by atoms with E-state index in [9.17, 15) is 9.59 Å². The lowest BCUT2D eigenvalue weighted by Crippen LogP contribution is -2.33. The van der Waals surface area contributed by atoms with Gasteiger partial charge in [-0.1, -0.05) is 60.1 Å². The summed E-state index contributed by atoms with van der Waals surface area (Å²) in [6, 6.07) is 22.1. The maximum Gasteiger partial charge on any atom is 0.282 e. The van der Waals surface area contributed by atoms with E-state index in [1.165, 1.54) is 4.90 Å². The van der Waals surface area contributed by atoms with Crippen molar-refractivity contribution < 1.29 is 9.59 Å². The molecule has 0 aromatic heterocycles. The molecule has 0 radical (unpaired) electrons.